The third-order valence-corrected chi connectivity index (χ3v) is 4.69. The fourth-order valence-corrected chi connectivity index (χ4v) is 3.21. The molecule has 0 saturated carbocycles. The molecule has 1 aliphatic heterocycles. The summed E-state index contributed by atoms with van der Waals surface area (Å²) in [5.41, 5.74) is 1.05. The second-order valence-electron chi connectivity index (χ2n) is 6.98. The molecule has 2 aromatic carbocycles. The first kappa shape index (κ1) is 20.7. The molecule has 3 rings (SSSR count). The van der Waals surface area contributed by atoms with Gasteiger partial charge in [0.1, 0.15) is 0 Å². The Balaban J connectivity index is 1.55. The van der Waals surface area contributed by atoms with Crippen molar-refractivity contribution in [3.05, 3.63) is 65.2 Å². The summed E-state index contributed by atoms with van der Waals surface area (Å²) in [6, 6.07) is 11.5. The number of rotatable bonds is 5. The minimum atomic E-state index is -4.42. The standard InChI is InChI=1S/C21H22F3N3O2/c22-21(23,24)17-7-3-5-15(11-17)13-25-20(29)26-18-8-4-6-16(12-18)14-27-10-2-1-9-19(27)28/h3-8,11-12H,1-2,9-10,13-14H2,(H2,25,26,29). The van der Waals surface area contributed by atoms with Gasteiger partial charge in [-0.2, -0.15) is 13.2 Å². The average Bonchev–Trinajstić information content (AvgIpc) is 2.68. The highest BCUT2D eigenvalue weighted by Gasteiger charge is 2.30. The van der Waals surface area contributed by atoms with E-state index in [0.29, 0.717) is 24.2 Å². The van der Waals surface area contributed by atoms with Gasteiger partial charge < -0.3 is 15.5 Å². The summed E-state index contributed by atoms with van der Waals surface area (Å²) < 4.78 is 38.3. The van der Waals surface area contributed by atoms with Crippen LogP contribution in [0.4, 0.5) is 23.7 Å². The molecule has 29 heavy (non-hydrogen) atoms. The molecular formula is C21H22F3N3O2. The van der Waals surface area contributed by atoms with Crippen molar-refractivity contribution in [2.75, 3.05) is 11.9 Å². The van der Waals surface area contributed by atoms with Crippen molar-refractivity contribution in [3.63, 3.8) is 0 Å². The zero-order valence-corrected chi connectivity index (χ0v) is 15.8. The number of piperidine rings is 1. The number of nitrogens with zero attached hydrogens (tertiary/aromatic N) is 1. The largest absolute Gasteiger partial charge is 0.416 e. The molecule has 0 aromatic heterocycles. The van der Waals surface area contributed by atoms with E-state index in [1.54, 1.807) is 23.1 Å². The Labute approximate surface area is 166 Å². The molecule has 5 nitrogen and oxygen atoms in total. The molecule has 2 aromatic rings. The lowest BCUT2D eigenvalue weighted by molar-refractivity contribution is -0.137. The third kappa shape index (κ3) is 5.97. The van der Waals surface area contributed by atoms with E-state index in [9.17, 15) is 22.8 Å². The van der Waals surface area contributed by atoms with Crippen molar-refractivity contribution < 1.29 is 22.8 Å². The number of hydrogen-bond acceptors (Lipinski definition) is 2. The minimum Gasteiger partial charge on any atom is -0.338 e. The van der Waals surface area contributed by atoms with Gasteiger partial charge in [0, 0.05) is 31.7 Å². The second kappa shape index (κ2) is 8.98. The number of likely N-dealkylation sites (tertiary alicyclic amines) is 1. The van der Waals surface area contributed by atoms with E-state index >= 15 is 0 Å². The van der Waals surface area contributed by atoms with Gasteiger partial charge in [0.15, 0.2) is 0 Å². The molecule has 8 heteroatoms. The van der Waals surface area contributed by atoms with Gasteiger partial charge in [0.2, 0.25) is 5.91 Å². The number of benzene rings is 2. The van der Waals surface area contributed by atoms with E-state index in [4.69, 9.17) is 0 Å². The molecule has 0 unspecified atom stereocenters. The van der Waals surface area contributed by atoms with Gasteiger partial charge in [-0.3, -0.25) is 4.79 Å². The van der Waals surface area contributed by atoms with Crippen molar-refractivity contribution in [3.8, 4) is 0 Å². The molecule has 0 bridgehead atoms. The maximum absolute atomic E-state index is 12.8. The Hall–Kier alpha value is -3.03. The Morgan fingerprint density at radius 1 is 1.03 bits per heavy atom. The predicted molar refractivity (Wildman–Crippen MR) is 103 cm³/mol. The number of hydrogen-bond donors (Lipinski definition) is 2. The highest BCUT2D eigenvalue weighted by Crippen LogP contribution is 2.29. The fourth-order valence-electron chi connectivity index (χ4n) is 3.21. The maximum atomic E-state index is 12.8. The molecule has 0 radical (unpaired) electrons. The van der Waals surface area contributed by atoms with Crippen molar-refractivity contribution in [2.24, 2.45) is 0 Å². The van der Waals surface area contributed by atoms with Crippen LogP contribution in [0.1, 0.15) is 36.0 Å². The third-order valence-electron chi connectivity index (χ3n) is 4.69. The van der Waals surface area contributed by atoms with Crippen LogP contribution in [0, 0.1) is 0 Å². The number of nitrogens with one attached hydrogen (secondary N) is 2. The lowest BCUT2D eigenvalue weighted by atomic mass is 10.1. The summed E-state index contributed by atoms with van der Waals surface area (Å²) in [6.45, 7) is 1.19. The van der Waals surface area contributed by atoms with Crippen LogP contribution in [0.5, 0.6) is 0 Å². The van der Waals surface area contributed by atoms with Crippen LogP contribution in [0.3, 0.4) is 0 Å². The van der Waals surface area contributed by atoms with Gasteiger partial charge in [0.05, 0.1) is 5.56 Å². The maximum Gasteiger partial charge on any atom is 0.416 e. The lowest BCUT2D eigenvalue weighted by Crippen LogP contribution is -2.34. The van der Waals surface area contributed by atoms with Crippen LogP contribution >= 0.6 is 0 Å². The number of carbonyl (C=O) groups is 2. The number of anilines is 1. The molecule has 3 amide bonds. The number of alkyl halides is 3. The van der Waals surface area contributed by atoms with Crippen LogP contribution in [-0.4, -0.2) is 23.4 Å². The first-order chi connectivity index (χ1) is 13.8. The number of carbonyl (C=O) groups excluding carboxylic acids is 2. The molecule has 2 N–H and O–H groups in total. The molecule has 0 atom stereocenters. The molecule has 1 heterocycles. The molecule has 1 fully saturated rings. The Morgan fingerprint density at radius 3 is 2.55 bits per heavy atom. The summed E-state index contributed by atoms with van der Waals surface area (Å²) in [7, 11) is 0. The summed E-state index contributed by atoms with van der Waals surface area (Å²) in [5, 5.41) is 5.22. The fraction of sp³-hybridized carbons (Fsp3) is 0.333. The van der Waals surface area contributed by atoms with Crippen molar-refractivity contribution in [2.45, 2.75) is 38.5 Å². The van der Waals surface area contributed by atoms with Crippen molar-refractivity contribution in [1.82, 2.24) is 10.2 Å². The number of urea groups is 1. The van der Waals surface area contributed by atoms with E-state index in [2.05, 4.69) is 10.6 Å². The van der Waals surface area contributed by atoms with Gasteiger partial charge in [0.25, 0.3) is 0 Å². The van der Waals surface area contributed by atoms with Crippen molar-refractivity contribution in [1.29, 1.82) is 0 Å². The Morgan fingerprint density at radius 2 is 1.79 bits per heavy atom. The first-order valence-electron chi connectivity index (χ1n) is 9.39. The second-order valence-corrected chi connectivity index (χ2v) is 6.98. The minimum absolute atomic E-state index is 0.0300. The van der Waals surface area contributed by atoms with Crippen LogP contribution in [0.25, 0.3) is 0 Å². The van der Waals surface area contributed by atoms with Gasteiger partial charge >= 0.3 is 12.2 Å². The quantitative estimate of drug-likeness (QED) is 0.767. The Bertz CT molecular complexity index is 883. The smallest absolute Gasteiger partial charge is 0.338 e. The highest BCUT2D eigenvalue weighted by atomic mass is 19.4. The van der Waals surface area contributed by atoms with Crippen LogP contribution in [-0.2, 0) is 24.1 Å². The lowest BCUT2D eigenvalue weighted by Gasteiger charge is -2.26. The van der Waals surface area contributed by atoms with Crippen LogP contribution in [0.2, 0.25) is 0 Å². The van der Waals surface area contributed by atoms with Crippen LogP contribution in [0.15, 0.2) is 48.5 Å². The van der Waals surface area contributed by atoms with Gasteiger partial charge in [-0.1, -0.05) is 24.3 Å². The molecule has 0 aliphatic carbocycles. The molecule has 154 valence electrons. The van der Waals surface area contributed by atoms with E-state index in [0.717, 1.165) is 37.1 Å². The SMILES string of the molecule is O=C(NCc1cccc(C(F)(F)F)c1)Nc1cccc(CN2CCCCC2=O)c1. The zero-order chi connectivity index (χ0) is 20.9. The van der Waals surface area contributed by atoms with Gasteiger partial charge in [-0.05, 0) is 48.2 Å². The van der Waals surface area contributed by atoms with E-state index in [-0.39, 0.29) is 12.5 Å². The molecule has 1 saturated heterocycles. The summed E-state index contributed by atoms with van der Waals surface area (Å²) in [6.07, 6.45) is -1.95. The molecular weight excluding hydrogens is 383 g/mol. The average molecular weight is 405 g/mol. The normalized spacial score (nSPS) is 14.6. The van der Waals surface area contributed by atoms with E-state index < -0.39 is 17.8 Å². The summed E-state index contributed by atoms with van der Waals surface area (Å²) >= 11 is 0. The molecule has 1 aliphatic rings. The summed E-state index contributed by atoms with van der Waals surface area (Å²) in [5.74, 6) is 0.133. The first-order valence-corrected chi connectivity index (χ1v) is 9.39. The topological polar surface area (TPSA) is 61.4 Å². The Kier molecular flexibility index (Phi) is 6.41. The van der Waals surface area contributed by atoms with Gasteiger partial charge in [-0.25, -0.2) is 4.79 Å². The monoisotopic (exact) mass is 405 g/mol. The summed E-state index contributed by atoms with van der Waals surface area (Å²) in [4.78, 5) is 25.9. The number of halogens is 3. The zero-order valence-electron chi connectivity index (χ0n) is 15.8. The highest BCUT2D eigenvalue weighted by molar-refractivity contribution is 5.89. The van der Waals surface area contributed by atoms with Crippen molar-refractivity contribution >= 4 is 17.6 Å². The molecule has 0 spiro atoms. The van der Waals surface area contributed by atoms with E-state index in [1.165, 1.54) is 12.1 Å². The predicted octanol–water partition coefficient (Wildman–Crippen LogP) is 4.54. The van der Waals surface area contributed by atoms with Crippen LogP contribution < -0.4 is 10.6 Å². The van der Waals surface area contributed by atoms with Gasteiger partial charge in [-0.15, -0.1) is 0 Å². The van der Waals surface area contributed by atoms with E-state index in [1.807, 2.05) is 6.07 Å². The number of amides is 3.